The van der Waals surface area contributed by atoms with E-state index >= 15 is 0 Å². The first-order valence-corrected chi connectivity index (χ1v) is 8.15. The average molecular weight is 316 g/mol. The summed E-state index contributed by atoms with van der Waals surface area (Å²) < 4.78 is 5.87. The van der Waals surface area contributed by atoms with Crippen LogP contribution in [0.2, 0.25) is 5.02 Å². The second-order valence-electron chi connectivity index (χ2n) is 6.30. The largest absolute Gasteiger partial charge is 0.488 e. The molecule has 1 aromatic carbocycles. The smallest absolute Gasteiger partial charge is 0.193 e. The Bertz CT molecular complexity index is 699. The zero-order chi connectivity index (χ0) is 15.2. The molecule has 0 aromatic heterocycles. The van der Waals surface area contributed by atoms with Gasteiger partial charge in [-0.05, 0) is 56.1 Å². The lowest BCUT2D eigenvalue weighted by Crippen LogP contribution is -2.41. The van der Waals surface area contributed by atoms with Crippen molar-refractivity contribution in [2.45, 2.75) is 19.3 Å². The lowest BCUT2D eigenvalue weighted by Gasteiger charge is -2.41. The Balaban J connectivity index is 1.86. The van der Waals surface area contributed by atoms with Crippen molar-refractivity contribution in [3.8, 4) is 5.75 Å². The summed E-state index contributed by atoms with van der Waals surface area (Å²) in [5, 5.41) is 3.97. The summed E-state index contributed by atoms with van der Waals surface area (Å²) in [4.78, 5) is 13.2. The number of ether oxygens (including phenoxy) is 1. The van der Waals surface area contributed by atoms with Gasteiger partial charge in [-0.2, -0.15) is 0 Å². The van der Waals surface area contributed by atoms with Crippen LogP contribution in [0.3, 0.4) is 0 Å². The van der Waals surface area contributed by atoms with Crippen molar-refractivity contribution in [2.75, 3.05) is 19.7 Å². The van der Waals surface area contributed by atoms with E-state index in [1.54, 1.807) is 18.2 Å². The Morgan fingerprint density at radius 3 is 2.86 bits per heavy atom. The monoisotopic (exact) mass is 315 g/mol. The van der Waals surface area contributed by atoms with Crippen molar-refractivity contribution in [2.24, 2.45) is 5.41 Å². The molecule has 114 valence electrons. The number of rotatable bonds is 0. The highest BCUT2D eigenvalue weighted by Gasteiger charge is 2.43. The maximum Gasteiger partial charge on any atom is 0.193 e. The normalized spacial score (nSPS) is 22.9. The van der Waals surface area contributed by atoms with Crippen LogP contribution in [-0.4, -0.2) is 25.5 Å². The maximum atomic E-state index is 13.2. The summed E-state index contributed by atoms with van der Waals surface area (Å²) in [6.07, 6.45) is 7.20. The topological polar surface area (TPSA) is 38.3 Å². The van der Waals surface area contributed by atoms with Crippen LogP contribution in [0, 0.1) is 5.41 Å². The van der Waals surface area contributed by atoms with E-state index in [1.807, 2.05) is 0 Å². The van der Waals surface area contributed by atoms with Crippen molar-refractivity contribution < 1.29 is 9.53 Å². The number of carbonyl (C=O) groups is 1. The van der Waals surface area contributed by atoms with Crippen LogP contribution in [0.15, 0.2) is 41.5 Å². The first kappa shape index (κ1) is 14.0. The van der Waals surface area contributed by atoms with Crippen LogP contribution < -0.4 is 10.1 Å². The van der Waals surface area contributed by atoms with Crippen molar-refractivity contribution in [3.63, 3.8) is 0 Å². The van der Waals surface area contributed by atoms with Gasteiger partial charge in [-0.3, -0.25) is 4.79 Å². The number of nitrogens with one attached hydrogen (secondary N) is 1. The van der Waals surface area contributed by atoms with Gasteiger partial charge in [-0.25, -0.2) is 0 Å². The predicted octanol–water partition coefficient (Wildman–Crippen LogP) is 3.54. The van der Waals surface area contributed by atoms with E-state index < -0.39 is 0 Å². The first-order valence-electron chi connectivity index (χ1n) is 7.78. The van der Waals surface area contributed by atoms with Crippen LogP contribution in [-0.2, 0) is 0 Å². The summed E-state index contributed by atoms with van der Waals surface area (Å²) in [6, 6.07) is 5.31. The van der Waals surface area contributed by atoms with E-state index in [-0.39, 0.29) is 11.2 Å². The average Bonchev–Trinajstić information content (AvgIpc) is 2.67. The van der Waals surface area contributed by atoms with Gasteiger partial charge in [-0.1, -0.05) is 23.8 Å². The Kier molecular flexibility index (Phi) is 3.35. The summed E-state index contributed by atoms with van der Waals surface area (Å²) in [7, 11) is 0. The van der Waals surface area contributed by atoms with Crippen LogP contribution in [0.25, 0.3) is 0 Å². The Labute approximate surface area is 135 Å². The van der Waals surface area contributed by atoms with Crippen molar-refractivity contribution in [1.29, 1.82) is 0 Å². The summed E-state index contributed by atoms with van der Waals surface area (Å²) in [5.74, 6) is 0.734. The molecular formula is C18H18ClNO2. The van der Waals surface area contributed by atoms with E-state index in [0.717, 1.165) is 43.5 Å². The molecule has 2 aliphatic heterocycles. The lowest BCUT2D eigenvalue weighted by molar-refractivity contribution is 0.0982. The number of allylic oxidation sites excluding steroid dienone is 2. The molecule has 0 unspecified atom stereocenters. The third-order valence-electron chi connectivity index (χ3n) is 5.04. The molecule has 1 aromatic rings. The van der Waals surface area contributed by atoms with Crippen molar-refractivity contribution in [1.82, 2.24) is 5.32 Å². The van der Waals surface area contributed by atoms with Crippen LogP contribution in [0.5, 0.6) is 5.75 Å². The second-order valence-corrected chi connectivity index (χ2v) is 6.73. The highest BCUT2D eigenvalue weighted by atomic mass is 35.5. The fourth-order valence-electron chi connectivity index (χ4n) is 3.91. The molecule has 0 bridgehead atoms. The molecule has 4 heteroatoms. The standard InChI is InChI=1S/C18H18ClNO2/c19-13-3-4-15-14(10-13)17(21)16-12(11-22-15)2-1-5-18(16)6-8-20-9-7-18/h1-4,10,20H,5-9,11H2. The molecule has 3 nitrogen and oxygen atoms in total. The van der Waals surface area contributed by atoms with Gasteiger partial charge in [0.1, 0.15) is 12.4 Å². The Morgan fingerprint density at radius 2 is 2.05 bits per heavy atom. The van der Waals surface area contributed by atoms with Crippen LogP contribution in [0.1, 0.15) is 29.6 Å². The highest BCUT2D eigenvalue weighted by molar-refractivity contribution is 6.31. The minimum absolute atomic E-state index is 0.0420. The van der Waals surface area contributed by atoms with Crippen molar-refractivity contribution in [3.05, 3.63) is 52.1 Å². The quantitative estimate of drug-likeness (QED) is 0.796. The molecule has 0 radical (unpaired) electrons. The second kappa shape index (κ2) is 5.25. The van der Waals surface area contributed by atoms with E-state index in [0.29, 0.717) is 22.9 Å². The van der Waals surface area contributed by atoms with Gasteiger partial charge in [0, 0.05) is 16.0 Å². The molecular weight excluding hydrogens is 298 g/mol. The molecule has 4 rings (SSSR count). The number of benzene rings is 1. The van der Waals surface area contributed by atoms with E-state index in [9.17, 15) is 4.79 Å². The molecule has 22 heavy (non-hydrogen) atoms. The van der Waals surface area contributed by atoms with Gasteiger partial charge in [-0.15, -0.1) is 0 Å². The Morgan fingerprint density at radius 1 is 1.23 bits per heavy atom. The van der Waals surface area contributed by atoms with Gasteiger partial charge in [0.2, 0.25) is 0 Å². The minimum Gasteiger partial charge on any atom is -0.488 e. The molecule has 1 N–H and O–H groups in total. The number of piperidine rings is 1. The third-order valence-corrected chi connectivity index (χ3v) is 5.27. The first-order chi connectivity index (χ1) is 10.7. The summed E-state index contributed by atoms with van der Waals surface area (Å²) in [5.41, 5.74) is 2.55. The van der Waals surface area contributed by atoms with Gasteiger partial charge >= 0.3 is 0 Å². The van der Waals surface area contributed by atoms with Crippen LogP contribution >= 0.6 is 11.6 Å². The number of carbonyl (C=O) groups excluding carboxylic acids is 1. The number of hydrogen-bond acceptors (Lipinski definition) is 3. The lowest BCUT2D eigenvalue weighted by atomic mass is 9.65. The molecule has 1 saturated heterocycles. The zero-order valence-corrected chi connectivity index (χ0v) is 13.1. The van der Waals surface area contributed by atoms with E-state index in [4.69, 9.17) is 16.3 Å². The number of hydrogen-bond donors (Lipinski definition) is 1. The van der Waals surface area contributed by atoms with Gasteiger partial charge < -0.3 is 10.1 Å². The van der Waals surface area contributed by atoms with Crippen molar-refractivity contribution >= 4 is 17.4 Å². The SMILES string of the molecule is O=C1C2=C(C=CCC23CCNCC3)COc2ccc(Cl)cc21. The van der Waals surface area contributed by atoms with Gasteiger partial charge in [0.15, 0.2) is 5.78 Å². The number of ketones is 1. The molecule has 0 amide bonds. The number of halogens is 1. The predicted molar refractivity (Wildman–Crippen MR) is 86.6 cm³/mol. The molecule has 1 aliphatic carbocycles. The summed E-state index contributed by atoms with van der Waals surface area (Å²) >= 11 is 6.10. The number of Topliss-reactive ketones (excluding diaryl/α,β-unsaturated/α-hetero) is 1. The molecule has 3 aliphatic rings. The fourth-order valence-corrected chi connectivity index (χ4v) is 4.09. The molecule has 1 spiro atoms. The maximum absolute atomic E-state index is 13.2. The van der Waals surface area contributed by atoms with E-state index in [2.05, 4.69) is 17.5 Å². The summed E-state index contributed by atoms with van der Waals surface area (Å²) in [6.45, 7) is 2.38. The highest BCUT2D eigenvalue weighted by Crippen LogP contribution is 2.48. The third kappa shape index (κ3) is 2.11. The molecule has 1 fully saturated rings. The minimum atomic E-state index is -0.0420. The van der Waals surface area contributed by atoms with Gasteiger partial charge in [0.25, 0.3) is 0 Å². The van der Waals surface area contributed by atoms with Crippen LogP contribution in [0.4, 0.5) is 0 Å². The zero-order valence-electron chi connectivity index (χ0n) is 12.3. The van der Waals surface area contributed by atoms with E-state index in [1.165, 1.54) is 0 Å². The molecule has 0 saturated carbocycles. The Hall–Kier alpha value is -1.58. The molecule has 0 atom stereocenters. The van der Waals surface area contributed by atoms with Gasteiger partial charge in [0.05, 0.1) is 5.56 Å². The molecule has 2 heterocycles. The fraction of sp³-hybridized carbons (Fsp3) is 0.389. The number of fused-ring (bicyclic) bond motifs is 2.